The van der Waals surface area contributed by atoms with Crippen molar-refractivity contribution in [3.63, 3.8) is 0 Å². The van der Waals surface area contributed by atoms with Crippen molar-refractivity contribution in [1.82, 2.24) is 9.80 Å². The lowest BCUT2D eigenvalue weighted by molar-refractivity contribution is -0.153. The van der Waals surface area contributed by atoms with Crippen LogP contribution >= 0.6 is 11.8 Å². The maximum atomic E-state index is 14.0. The van der Waals surface area contributed by atoms with Gasteiger partial charge < -0.3 is 19.6 Å². The summed E-state index contributed by atoms with van der Waals surface area (Å²) in [7, 11) is 0. The quantitative estimate of drug-likeness (QED) is 0.449. The molecule has 2 amide bonds. The second-order valence-electron chi connectivity index (χ2n) is 9.63. The van der Waals surface area contributed by atoms with E-state index in [9.17, 15) is 19.5 Å². The monoisotopic (exact) mass is 450 g/mol. The molecule has 3 aliphatic heterocycles. The minimum atomic E-state index is -0.737. The summed E-state index contributed by atoms with van der Waals surface area (Å²) in [5.74, 6) is -1.94. The Balaban J connectivity index is 2.08. The lowest BCUT2D eigenvalue weighted by Crippen LogP contribution is -2.60. The van der Waals surface area contributed by atoms with Crippen molar-refractivity contribution in [1.29, 1.82) is 0 Å². The fraction of sp³-hybridized carbons (Fsp3) is 0.696. The molecule has 0 aromatic carbocycles. The summed E-state index contributed by atoms with van der Waals surface area (Å²) in [6, 6.07) is -0.737. The molecule has 3 unspecified atom stereocenters. The second kappa shape index (κ2) is 8.62. The predicted molar refractivity (Wildman–Crippen MR) is 120 cm³/mol. The van der Waals surface area contributed by atoms with E-state index in [0.29, 0.717) is 6.54 Å². The number of aliphatic hydroxyl groups excluding tert-OH is 1. The number of ether oxygens (including phenoxy) is 1. The maximum Gasteiger partial charge on any atom is 0.311 e. The van der Waals surface area contributed by atoms with E-state index >= 15 is 0 Å². The zero-order valence-corrected chi connectivity index (χ0v) is 19.7. The topological polar surface area (TPSA) is 87.2 Å². The normalized spacial score (nSPS) is 33.9. The van der Waals surface area contributed by atoms with E-state index in [1.54, 1.807) is 22.7 Å². The third-order valence-electron chi connectivity index (χ3n) is 6.82. The molecule has 2 bridgehead atoms. The molecule has 31 heavy (non-hydrogen) atoms. The van der Waals surface area contributed by atoms with Gasteiger partial charge in [0.05, 0.1) is 23.2 Å². The number of amides is 2. The van der Waals surface area contributed by atoms with Crippen LogP contribution in [-0.4, -0.2) is 80.6 Å². The van der Waals surface area contributed by atoms with Crippen molar-refractivity contribution >= 4 is 29.5 Å². The molecule has 3 saturated heterocycles. The van der Waals surface area contributed by atoms with Gasteiger partial charge in [0.25, 0.3) is 0 Å². The van der Waals surface area contributed by atoms with Crippen LogP contribution in [0.25, 0.3) is 0 Å². The Hall–Kier alpha value is -1.80. The van der Waals surface area contributed by atoms with E-state index in [2.05, 4.69) is 20.1 Å². The zero-order chi connectivity index (χ0) is 23.1. The number of thioether (sulfide) groups is 1. The van der Waals surface area contributed by atoms with Crippen molar-refractivity contribution < 1.29 is 24.2 Å². The Morgan fingerprint density at radius 2 is 2.03 bits per heavy atom. The van der Waals surface area contributed by atoms with Gasteiger partial charge in [-0.15, -0.1) is 18.3 Å². The molecule has 1 spiro atoms. The first-order valence-corrected chi connectivity index (χ1v) is 11.7. The van der Waals surface area contributed by atoms with Crippen LogP contribution in [0.1, 0.15) is 34.1 Å². The summed E-state index contributed by atoms with van der Waals surface area (Å²) in [4.78, 5) is 43.8. The van der Waals surface area contributed by atoms with Gasteiger partial charge in [0.2, 0.25) is 11.8 Å². The van der Waals surface area contributed by atoms with E-state index in [1.807, 2.05) is 20.8 Å². The molecular formula is C23H34N2O5S. The number of hydrogen-bond donors (Lipinski definition) is 1. The number of hydrogen-bond acceptors (Lipinski definition) is 6. The van der Waals surface area contributed by atoms with E-state index in [0.717, 1.165) is 6.42 Å². The van der Waals surface area contributed by atoms with Gasteiger partial charge in [-0.05, 0) is 33.1 Å². The van der Waals surface area contributed by atoms with Gasteiger partial charge in [-0.2, -0.15) is 0 Å². The number of nitrogens with zero attached hydrogens (tertiary/aromatic N) is 2. The van der Waals surface area contributed by atoms with Gasteiger partial charge in [-0.1, -0.05) is 25.7 Å². The zero-order valence-electron chi connectivity index (χ0n) is 18.9. The standard InChI is InChI=1S/C23H34N2O5S/c1-7-9-25(22(4,5)6)20(28)18-23-14(3)13-15(31-23)16(21(29)30-12-8-2)17(23)19(27)24(18)10-11-26/h7-8,14-18,26H,1-2,9-13H2,3-6H3/t14?,15-,16+,17-,18?,23?/m0/s1. The second-order valence-corrected chi connectivity index (χ2v) is 11.2. The molecule has 172 valence electrons. The van der Waals surface area contributed by atoms with Crippen molar-refractivity contribution in [3.05, 3.63) is 25.3 Å². The summed E-state index contributed by atoms with van der Waals surface area (Å²) < 4.78 is 4.64. The van der Waals surface area contributed by atoms with Gasteiger partial charge in [-0.3, -0.25) is 14.4 Å². The number of likely N-dealkylation sites (tertiary alicyclic amines) is 1. The fourth-order valence-corrected chi connectivity index (χ4v) is 8.03. The highest BCUT2D eigenvalue weighted by molar-refractivity contribution is 8.02. The Morgan fingerprint density at radius 3 is 2.58 bits per heavy atom. The van der Waals surface area contributed by atoms with Crippen molar-refractivity contribution in [2.45, 2.75) is 55.7 Å². The Kier molecular flexibility index (Phi) is 6.63. The van der Waals surface area contributed by atoms with Crippen LogP contribution in [0, 0.1) is 17.8 Å². The van der Waals surface area contributed by atoms with E-state index in [1.165, 1.54) is 11.0 Å². The van der Waals surface area contributed by atoms with Crippen LogP contribution in [0.3, 0.4) is 0 Å². The first-order chi connectivity index (χ1) is 14.6. The molecule has 3 fully saturated rings. The number of β-amino-alcohol motifs (C(OH)–C–C–N with tert-alkyl or cyclic N) is 1. The molecule has 0 saturated carbocycles. The highest BCUT2D eigenvalue weighted by Gasteiger charge is 2.76. The molecule has 3 heterocycles. The lowest BCUT2D eigenvalue weighted by Gasteiger charge is -2.43. The summed E-state index contributed by atoms with van der Waals surface area (Å²) >= 11 is 1.60. The fourth-order valence-electron chi connectivity index (χ4n) is 5.62. The van der Waals surface area contributed by atoms with Crippen LogP contribution in [0.4, 0.5) is 0 Å². The third-order valence-corrected chi connectivity index (χ3v) is 8.90. The molecule has 8 heteroatoms. The molecule has 6 atom stereocenters. The lowest BCUT2D eigenvalue weighted by atomic mass is 9.66. The van der Waals surface area contributed by atoms with Crippen molar-refractivity contribution in [2.24, 2.45) is 17.8 Å². The Morgan fingerprint density at radius 1 is 1.35 bits per heavy atom. The minimum Gasteiger partial charge on any atom is -0.461 e. The highest BCUT2D eigenvalue weighted by atomic mass is 32.2. The van der Waals surface area contributed by atoms with E-state index < -0.39 is 34.1 Å². The molecule has 0 aromatic heterocycles. The molecular weight excluding hydrogens is 416 g/mol. The van der Waals surface area contributed by atoms with Gasteiger partial charge in [0.1, 0.15) is 12.6 Å². The van der Waals surface area contributed by atoms with Gasteiger partial charge >= 0.3 is 5.97 Å². The molecule has 0 aromatic rings. The largest absolute Gasteiger partial charge is 0.461 e. The number of aliphatic hydroxyl groups is 1. The number of rotatable bonds is 8. The highest BCUT2D eigenvalue weighted by Crippen LogP contribution is 2.68. The van der Waals surface area contributed by atoms with Crippen LogP contribution in [0.5, 0.6) is 0 Å². The van der Waals surface area contributed by atoms with Crippen molar-refractivity contribution in [2.75, 3.05) is 26.3 Å². The summed E-state index contributed by atoms with van der Waals surface area (Å²) in [5.41, 5.74) is -0.471. The minimum absolute atomic E-state index is 0.0599. The van der Waals surface area contributed by atoms with E-state index in [-0.39, 0.29) is 42.7 Å². The van der Waals surface area contributed by atoms with Gasteiger partial charge in [0, 0.05) is 23.9 Å². The molecule has 3 aliphatic rings. The van der Waals surface area contributed by atoms with Gasteiger partial charge in [0.15, 0.2) is 0 Å². The molecule has 0 aliphatic carbocycles. The smallest absolute Gasteiger partial charge is 0.311 e. The summed E-state index contributed by atoms with van der Waals surface area (Å²) in [5, 5.41) is 9.63. The average Bonchev–Trinajstić information content (AvgIpc) is 3.27. The molecule has 0 radical (unpaired) electrons. The first kappa shape index (κ1) is 23.9. The molecule has 1 N–H and O–H groups in total. The molecule has 3 rings (SSSR count). The number of carbonyl (C=O) groups is 3. The van der Waals surface area contributed by atoms with E-state index in [4.69, 9.17) is 4.74 Å². The number of carbonyl (C=O) groups excluding carboxylic acids is 3. The Labute approximate surface area is 188 Å². The average molecular weight is 451 g/mol. The van der Waals surface area contributed by atoms with Gasteiger partial charge in [-0.25, -0.2) is 0 Å². The number of esters is 1. The van der Waals surface area contributed by atoms with Crippen LogP contribution in [0.2, 0.25) is 0 Å². The third kappa shape index (κ3) is 3.61. The number of fused-ring (bicyclic) bond motifs is 1. The Bertz CT molecular complexity index is 778. The molecule has 7 nitrogen and oxygen atoms in total. The first-order valence-electron chi connectivity index (χ1n) is 10.8. The maximum absolute atomic E-state index is 14.0. The van der Waals surface area contributed by atoms with Crippen molar-refractivity contribution in [3.8, 4) is 0 Å². The summed E-state index contributed by atoms with van der Waals surface area (Å²) in [6.07, 6.45) is 3.94. The van der Waals surface area contributed by atoms with Crippen LogP contribution in [-0.2, 0) is 19.1 Å². The SMILES string of the molecule is C=CCOC(=O)[C@@H]1[C@@H]2CC(C)C3(S2)C(C(=O)N(CC=C)C(C)(C)C)N(CCO)C(=O)[C@H]13. The van der Waals surface area contributed by atoms with Crippen LogP contribution < -0.4 is 0 Å². The predicted octanol–water partition coefficient (Wildman–Crippen LogP) is 1.86. The summed E-state index contributed by atoms with van der Waals surface area (Å²) in [6.45, 7) is 15.6. The van der Waals surface area contributed by atoms with Crippen LogP contribution in [0.15, 0.2) is 25.3 Å².